The molecule has 0 saturated carbocycles. The third-order valence-corrected chi connectivity index (χ3v) is 3.56. The summed E-state index contributed by atoms with van der Waals surface area (Å²) in [4.78, 5) is 0. The second-order valence-electron chi connectivity index (χ2n) is 3.41. The average molecular weight is 255 g/mol. The van der Waals surface area contributed by atoms with E-state index >= 15 is 0 Å². The Morgan fingerprint density at radius 2 is 1.75 bits per heavy atom. The molecular formula is C9H21NO5S. The Balaban J connectivity index is 4.14. The predicted octanol–water partition coefficient (Wildman–Crippen LogP) is -0.0503. The van der Waals surface area contributed by atoms with E-state index in [1.165, 1.54) is 21.3 Å². The lowest BCUT2D eigenvalue weighted by atomic mass is 10.3. The van der Waals surface area contributed by atoms with Gasteiger partial charge in [0.1, 0.15) is 0 Å². The van der Waals surface area contributed by atoms with Crippen molar-refractivity contribution in [3.63, 3.8) is 0 Å². The van der Waals surface area contributed by atoms with Crippen molar-refractivity contribution < 1.29 is 22.6 Å². The molecule has 0 saturated heterocycles. The highest BCUT2D eigenvalue weighted by molar-refractivity contribution is 7.89. The summed E-state index contributed by atoms with van der Waals surface area (Å²) in [6.07, 6.45) is -0.124. The average Bonchev–Trinajstić information content (AvgIpc) is 2.18. The molecule has 0 fully saturated rings. The molecule has 0 spiro atoms. The van der Waals surface area contributed by atoms with Crippen molar-refractivity contribution in [2.75, 3.05) is 33.7 Å². The Kier molecular flexibility index (Phi) is 7.86. The van der Waals surface area contributed by atoms with Crippen molar-refractivity contribution in [3.8, 4) is 0 Å². The normalized spacial score (nSPS) is 14.3. The topological polar surface area (TPSA) is 73.9 Å². The van der Waals surface area contributed by atoms with Crippen molar-refractivity contribution in [2.24, 2.45) is 0 Å². The van der Waals surface area contributed by atoms with Gasteiger partial charge in [-0.1, -0.05) is 0 Å². The number of methoxy groups -OCH3 is 3. The van der Waals surface area contributed by atoms with Crippen LogP contribution in [0.2, 0.25) is 0 Å². The first-order chi connectivity index (χ1) is 7.46. The summed E-state index contributed by atoms with van der Waals surface area (Å²) < 4.78 is 40.3. The number of hydrogen-bond acceptors (Lipinski definition) is 5. The van der Waals surface area contributed by atoms with Gasteiger partial charge in [0.2, 0.25) is 10.0 Å². The van der Waals surface area contributed by atoms with Crippen LogP contribution in [-0.2, 0) is 24.2 Å². The van der Waals surface area contributed by atoms with Crippen molar-refractivity contribution >= 4 is 10.0 Å². The monoisotopic (exact) mass is 255 g/mol. The summed E-state index contributed by atoms with van der Waals surface area (Å²) in [5.41, 5.74) is 0. The maximum Gasteiger partial charge on any atom is 0.212 e. The summed E-state index contributed by atoms with van der Waals surface area (Å²) in [6.45, 7) is 2.11. The van der Waals surface area contributed by atoms with Crippen molar-refractivity contribution in [3.05, 3.63) is 0 Å². The van der Waals surface area contributed by atoms with E-state index in [2.05, 4.69) is 4.72 Å². The number of rotatable bonds is 9. The maximum atomic E-state index is 11.6. The summed E-state index contributed by atoms with van der Waals surface area (Å²) in [7, 11) is 1.15. The molecule has 0 aromatic carbocycles. The van der Waals surface area contributed by atoms with Crippen LogP contribution in [0.3, 0.4) is 0 Å². The molecule has 0 aliphatic heterocycles. The number of nitrogens with one attached hydrogen (secondary N) is 1. The fraction of sp³-hybridized carbons (Fsp3) is 1.00. The first-order valence-corrected chi connectivity index (χ1v) is 6.66. The van der Waals surface area contributed by atoms with E-state index in [1.54, 1.807) is 6.92 Å². The zero-order valence-corrected chi connectivity index (χ0v) is 11.0. The predicted molar refractivity (Wildman–Crippen MR) is 60.7 cm³/mol. The van der Waals surface area contributed by atoms with Crippen LogP contribution in [0, 0.1) is 0 Å². The first-order valence-electron chi connectivity index (χ1n) is 5.01. The molecule has 1 atom stereocenters. The summed E-state index contributed by atoms with van der Waals surface area (Å²) in [5, 5.41) is 0. The lowest BCUT2D eigenvalue weighted by Gasteiger charge is -2.21. The lowest BCUT2D eigenvalue weighted by molar-refractivity contribution is -0.115. The van der Waals surface area contributed by atoms with Crippen molar-refractivity contribution in [2.45, 2.75) is 25.7 Å². The molecule has 0 heterocycles. The molecule has 0 amide bonds. The van der Waals surface area contributed by atoms with E-state index in [9.17, 15) is 8.42 Å². The third kappa shape index (κ3) is 6.39. The van der Waals surface area contributed by atoms with Gasteiger partial charge in [0, 0.05) is 27.9 Å². The van der Waals surface area contributed by atoms with E-state index in [0.29, 0.717) is 13.0 Å². The molecule has 0 radical (unpaired) electrons. The molecule has 16 heavy (non-hydrogen) atoms. The SMILES string of the molecule is COCCCS(=O)(=O)NC(C)C(OC)OC. The highest BCUT2D eigenvalue weighted by Crippen LogP contribution is 2.01. The largest absolute Gasteiger partial charge is 0.385 e. The molecule has 0 aliphatic carbocycles. The Labute approximate surface area is 97.3 Å². The Bertz CT molecular complexity index is 263. The van der Waals surface area contributed by atoms with E-state index in [1.807, 2.05) is 0 Å². The van der Waals surface area contributed by atoms with Gasteiger partial charge in [-0.05, 0) is 13.3 Å². The Hall–Kier alpha value is -0.210. The summed E-state index contributed by atoms with van der Waals surface area (Å²) in [6, 6.07) is -0.428. The fourth-order valence-electron chi connectivity index (χ4n) is 1.30. The number of ether oxygens (including phenoxy) is 3. The standard InChI is InChI=1S/C9H21NO5S/c1-8(9(14-3)15-4)10-16(11,12)7-5-6-13-2/h8-10H,5-7H2,1-4H3. The molecule has 6 nitrogen and oxygen atoms in total. The van der Waals surface area contributed by atoms with Crippen LogP contribution in [-0.4, -0.2) is 54.4 Å². The van der Waals surface area contributed by atoms with Gasteiger partial charge < -0.3 is 14.2 Å². The quantitative estimate of drug-likeness (QED) is 0.462. The number of sulfonamides is 1. The van der Waals surface area contributed by atoms with Gasteiger partial charge in [0.25, 0.3) is 0 Å². The van der Waals surface area contributed by atoms with Crippen LogP contribution in [0.15, 0.2) is 0 Å². The highest BCUT2D eigenvalue weighted by Gasteiger charge is 2.21. The lowest BCUT2D eigenvalue weighted by Crippen LogP contribution is -2.43. The first kappa shape index (κ1) is 15.8. The second-order valence-corrected chi connectivity index (χ2v) is 5.28. The Morgan fingerprint density at radius 1 is 1.19 bits per heavy atom. The van der Waals surface area contributed by atoms with Crippen LogP contribution >= 0.6 is 0 Å². The van der Waals surface area contributed by atoms with Crippen molar-refractivity contribution in [1.82, 2.24) is 4.72 Å². The fourth-order valence-corrected chi connectivity index (χ4v) is 2.59. The molecule has 0 rings (SSSR count). The molecule has 98 valence electrons. The van der Waals surface area contributed by atoms with E-state index < -0.39 is 22.4 Å². The molecule has 0 bridgehead atoms. The van der Waals surface area contributed by atoms with Gasteiger partial charge in [0.15, 0.2) is 6.29 Å². The van der Waals surface area contributed by atoms with Gasteiger partial charge >= 0.3 is 0 Å². The summed E-state index contributed by atoms with van der Waals surface area (Å²) >= 11 is 0. The van der Waals surface area contributed by atoms with Gasteiger partial charge in [-0.25, -0.2) is 13.1 Å². The van der Waals surface area contributed by atoms with Gasteiger partial charge in [-0.3, -0.25) is 0 Å². The molecule has 7 heteroatoms. The van der Waals surface area contributed by atoms with Gasteiger partial charge in [-0.15, -0.1) is 0 Å². The van der Waals surface area contributed by atoms with Crippen molar-refractivity contribution in [1.29, 1.82) is 0 Å². The third-order valence-electron chi connectivity index (χ3n) is 2.00. The molecular weight excluding hydrogens is 234 g/mol. The smallest absolute Gasteiger partial charge is 0.212 e. The molecule has 1 unspecified atom stereocenters. The summed E-state index contributed by atoms with van der Waals surface area (Å²) in [5.74, 6) is 0.0331. The number of hydrogen-bond donors (Lipinski definition) is 1. The molecule has 0 aliphatic rings. The minimum atomic E-state index is -3.31. The van der Waals surface area contributed by atoms with E-state index in [-0.39, 0.29) is 5.75 Å². The zero-order valence-electron chi connectivity index (χ0n) is 10.2. The minimum absolute atomic E-state index is 0.0331. The highest BCUT2D eigenvalue weighted by atomic mass is 32.2. The van der Waals surface area contributed by atoms with Crippen LogP contribution in [0.1, 0.15) is 13.3 Å². The minimum Gasteiger partial charge on any atom is -0.385 e. The Morgan fingerprint density at radius 3 is 2.19 bits per heavy atom. The zero-order chi connectivity index (χ0) is 12.6. The molecule has 0 aromatic heterocycles. The van der Waals surface area contributed by atoms with Gasteiger partial charge in [0.05, 0.1) is 11.8 Å². The van der Waals surface area contributed by atoms with Crippen LogP contribution in [0.5, 0.6) is 0 Å². The van der Waals surface area contributed by atoms with Crippen LogP contribution in [0.25, 0.3) is 0 Å². The second kappa shape index (κ2) is 7.97. The van der Waals surface area contributed by atoms with Crippen LogP contribution < -0.4 is 4.72 Å². The van der Waals surface area contributed by atoms with E-state index in [0.717, 1.165) is 0 Å². The molecule has 0 aromatic rings. The molecule has 1 N–H and O–H groups in total. The van der Waals surface area contributed by atoms with Crippen LogP contribution in [0.4, 0.5) is 0 Å². The van der Waals surface area contributed by atoms with E-state index in [4.69, 9.17) is 14.2 Å². The maximum absolute atomic E-state index is 11.6. The van der Waals surface area contributed by atoms with Gasteiger partial charge in [-0.2, -0.15) is 0 Å².